The molecule has 0 aliphatic carbocycles. The molecule has 8 nitrogen and oxygen atoms in total. The zero-order valence-corrected chi connectivity index (χ0v) is 19.3. The maximum Gasteiger partial charge on any atom is 0.303 e. The molecule has 174 valence electrons. The summed E-state index contributed by atoms with van der Waals surface area (Å²) in [4.78, 5) is 43.3. The fraction of sp³-hybridized carbons (Fsp3) is 0.609. The number of hydrogen-bond acceptors (Lipinski definition) is 5. The topological polar surface area (TPSA) is 90.4 Å². The van der Waals surface area contributed by atoms with E-state index in [-0.39, 0.29) is 36.2 Å². The summed E-state index contributed by atoms with van der Waals surface area (Å²) in [5.41, 5.74) is -0.296. The summed E-state index contributed by atoms with van der Waals surface area (Å²) in [5.74, 6) is -0.978. The molecule has 3 saturated heterocycles. The number of amides is 2. The number of rotatable bonds is 5. The average Bonchev–Trinajstić information content (AvgIpc) is 2.69. The van der Waals surface area contributed by atoms with Crippen molar-refractivity contribution < 1.29 is 24.2 Å². The van der Waals surface area contributed by atoms with Crippen molar-refractivity contribution in [1.29, 1.82) is 0 Å². The van der Waals surface area contributed by atoms with E-state index in [4.69, 9.17) is 21.4 Å². The first-order chi connectivity index (χ1) is 15.1. The number of piperazine rings is 1. The number of halogens is 1. The smallest absolute Gasteiger partial charge is 0.303 e. The monoisotopic (exact) mass is 463 g/mol. The predicted molar refractivity (Wildman–Crippen MR) is 119 cm³/mol. The number of aliphatic carboxylic acids is 1. The van der Waals surface area contributed by atoms with Crippen molar-refractivity contribution in [3.63, 3.8) is 0 Å². The molecule has 1 unspecified atom stereocenters. The Bertz CT molecular complexity index is 897. The van der Waals surface area contributed by atoms with Crippen LogP contribution in [0.4, 0.5) is 0 Å². The molecular weight excluding hydrogens is 434 g/mol. The standard InChI is InChI=1S/C23H30ClN3O5/c1-22(2,10-20(29)30)9-19(28)26-14-23(15-26)13-25(11-18-12-32-8-7-27(18)23)21(31)16-3-5-17(24)6-4-16/h3-6,18H,7-15H2,1-2H3,(H,29,30). The molecule has 32 heavy (non-hydrogen) atoms. The first-order valence-electron chi connectivity index (χ1n) is 11.0. The summed E-state index contributed by atoms with van der Waals surface area (Å²) in [7, 11) is 0. The molecule has 1 aromatic carbocycles. The Labute approximate surface area is 193 Å². The second kappa shape index (κ2) is 8.65. The molecule has 9 heteroatoms. The number of likely N-dealkylation sites (tertiary alicyclic amines) is 1. The van der Waals surface area contributed by atoms with E-state index in [1.165, 1.54) is 0 Å². The van der Waals surface area contributed by atoms with Gasteiger partial charge in [0.25, 0.3) is 5.91 Å². The minimum Gasteiger partial charge on any atom is -0.481 e. The van der Waals surface area contributed by atoms with Crippen LogP contribution in [0.5, 0.6) is 0 Å². The van der Waals surface area contributed by atoms with Crippen molar-refractivity contribution in [2.75, 3.05) is 45.9 Å². The SMILES string of the molecule is CC(C)(CC(=O)O)CC(=O)N1CC2(C1)CN(C(=O)c1ccc(Cl)cc1)CC1COCCN12. The van der Waals surface area contributed by atoms with Gasteiger partial charge in [-0.3, -0.25) is 19.3 Å². The Kier molecular flexibility index (Phi) is 6.22. The fourth-order valence-corrected chi connectivity index (χ4v) is 5.37. The van der Waals surface area contributed by atoms with Gasteiger partial charge in [0.1, 0.15) is 0 Å². The van der Waals surface area contributed by atoms with Crippen molar-refractivity contribution in [3.05, 3.63) is 34.9 Å². The highest BCUT2D eigenvalue weighted by Gasteiger charge is 2.56. The molecule has 0 radical (unpaired) electrons. The summed E-state index contributed by atoms with van der Waals surface area (Å²) in [6.07, 6.45) is 0.141. The quantitative estimate of drug-likeness (QED) is 0.718. The van der Waals surface area contributed by atoms with Crippen LogP contribution < -0.4 is 0 Å². The lowest BCUT2D eigenvalue weighted by Crippen LogP contribution is -2.81. The van der Waals surface area contributed by atoms with Crippen LogP contribution in [0.25, 0.3) is 0 Å². The van der Waals surface area contributed by atoms with Crippen molar-refractivity contribution in [2.24, 2.45) is 5.41 Å². The van der Waals surface area contributed by atoms with E-state index in [9.17, 15) is 14.4 Å². The summed E-state index contributed by atoms with van der Waals surface area (Å²) >= 11 is 5.97. The largest absolute Gasteiger partial charge is 0.481 e. The van der Waals surface area contributed by atoms with Crippen molar-refractivity contribution in [2.45, 2.75) is 38.3 Å². The lowest BCUT2D eigenvalue weighted by atomic mass is 9.80. The van der Waals surface area contributed by atoms with Crippen LogP contribution in [-0.2, 0) is 14.3 Å². The van der Waals surface area contributed by atoms with Crippen molar-refractivity contribution in [1.82, 2.24) is 14.7 Å². The van der Waals surface area contributed by atoms with Crippen LogP contribution in [0.2, 0.25) is 5.02 Å². The number of ether oxygens (including phenoxy) is 1. The van der Waals surface area contributed by atoms with E-state index < -0.39 is 11.4 Å². The first kappa shape index (κ1) is 23.0. The second-order valence-electron chi connectivity index (χ2n) is 10.0. The van der Waals surface area contributed by atoms with E-state index in [1.807, 2.05) is 4.90 Å². The maximum absolute atomic E-state index is 13.2. The van der Waals surface area contributed by atoms with Crippen LogP contribution in [0, 0.1) is 5.41 Å². The number of fused-ring (bicyclic) bond motifs is 2. The van der Waals surface area contributed by atoms with Crippen LogP contribution in [0.15, 0.2) is 24.3 Å². The number of carbonyl (C=O) groups excluding carboxylic acids is 2. The van der Waals surface area contributed by atoms with Crippen molar-refractivity contribution in [3.8, 4) is 0 Å². The third kappa shape index (κ3) is 4.63. The summed E-state index contributed by atoms with van der Waals surface area (Å²) in [5, 5.41) is 9.69. The Balaban J connectivity index is 1.47. The Morgan fingerprint density at radius 1 is 1.12 bits per heavy atom. The van der Waals surface area contributed by atoms with Crippen molar-refractivity contribution >= 4 is 29.4 Å². The Morgan fingerprint density at radius 2 is 1.78 bits per heavy atom. The number of benzene rings is 1. The first-order valence-corrected chi connectivity index (χ1v) is 11.4. The summed E-state index contributed by atoms with van der Waals surface area (Å²) < 4.78 is 5.69. The van der Waals surface area contributed by atoms with E-state index in [1.54, 1.807) is 43.0 Å². The van der Waals surface area contributed by atoms with Gasteiger partial charge in [0.05, 0.1) is 31.2 Å². The molecule has 0 saturated carbocycles. The normalized spacial score (nSPS) is 22.9. The van der Waals surface area contributed by atoms with Crippen LogP contribution in [0.1, 0.15) is 37.0 Å². The number of morpholine rings is 1. The van der Waals surface area contributed by atoms with Crippen LogP contribution >= 0.6 is 11.6 Å². The third-order valence-electron chi connectivity index (χ3n) is 6.71. The molecule has 3 heterocycles. The summed E-state index contributed by atoms with van der Waals surface area (Å²) in [6.45, 7) is 7.80. The highest BCUT2D eigenvalue weighted by atomic mass is 35.5. The lowest BCUT2D eigenvalue weighted by molar-refractivity contribution is -0.174. The number of hydrogen-bond donors (Lipinski definition) is 1. The van der Waals surface area contributed by atoms with Gasteiger partial charge < -0.3 is 19.6 Å². The fourth-order valence-electron chi connectivity index (χ4n) is 5.24. The molecule has 1 spiro atoms. The van der Waals surface area contributed by atoms with Gasteiger partial charge in [-0.2, -0.15) is 0 Å². The average molecular weight is 464 g/mol. The molecule has 3 aliphatic rings. The van der Waals surface area contributed by atoms with E-state index in [0.717, 1.165) is 6.54 Å². The number of carboxylic acids is 1. The maximum atomic E-state index is 13.2. The van der Waals surface area contributed by atoms with Gasteiger partial charge in [-0.25, -0.2) is 0 Å². The molecule has 1 aromatic rings. The van der Waals surface area contributed by atoms with Crippen LogP contribution in [-0.4, -0.2) is 95.1 Å². The molecule has 3 fully saturated rings. The molecule has 1 atom stereocenters. The minimum atomic E-state index is -0.900. The highest BCUT2D eigenvalue weighted by Crippen LogP contribution is 2.38. The van der Waals surface area contributed by atoms with E-state index in [2.05, 4.69) is 4.90 Å². The number of carboxylic acid groups (broad SMARTS) is 1. The van der Waals surface area contributed by atoms with Gasteiger partial charge in [-0.1, -0.05) is 25.4 Å². The number of carbonyl (C=O) groups is 3. The molecular formula is C23H30ClN3O5. The Hall–Kier alpha value is -2.16. The van der Waals surface area contributed by atoms with Crippen LogP contribution in [0.3, 0.4) is 0 Å². The molecule has 2 amide bonds. The lowest BCUT2D eigenvalue weighted by Gasteiger charge is -2.63. The predicted octanol–water partition coefficient (Wildman–Crippen LogP) is 1.97. The van der Waals surface area contributed by atoms with Gasteiger partial charge >= 0.3 is 5.97 Å². The van der Waals surface area contributed by atoms with Gasteiger partial charge in [0.2, 0.25) is 5.91 Å². The van der Waals surface area contributed by atoms with E-state index in [0.29, 0.717) is 50.0 Å². The Morgan fingerprint density at radius 3 is 2.44 bits per heavy atom. The van der Waals surface area contributed by atoms with Gasteiger partial charge in [-0.05, 0) is 29.7 Å². The molecule has 3 aliphatic heterocycles. The number of nitrogens with zero attached hydrogens (tertiary/aromatic N) is 3. The van der Waals surface area contributed by atoms with Gasteiger partial charge in [0.15, 0.2) is 0 Å². The third-order valence-corrected chi connectivity index (χ3v) is 6.97. The van der Waals surface area contributed by atoms with E-state index >= 15 is 0 Å². The summed E-state index contributed by atoms with van der Waals surface area (Å²) in [6, 6.07) is 7.00. The minimum absolute atomic E-state index is 0.0344. The zero-order valence-electron chi connectivity index (χ0n) is 18.6. The molecule has 0 bridgehead atoms. The second-order valence-corrected chi connectivity index (χ2v) is 10.4. The molecule has 1 N–H and O–H groups in total. The zero-order chi connectivity index (χ0) is 23.1. The highest BCUT2D eigenvalue weighted by molar-refractivity contribution is 6.30. The molecule has 0 aromatic heterocycles. The van der Waals surface area contributed by atoms with Gasteiger partial charge in [-0.15, -0.1) is 0 Å². The molecule has 4 rings (SSSR count). The van der Waals surface area contributed by atoms with Gasteiger partial charge in [0, 0.05) is 49.7 Å².